The van der Waals surface area contributed by atoms with Gasteiger partial charge in [-0.15, -0.1) is 0 Å². The number of methoxy groups -OCH3 is 1. The van der Waals surface area contributed by atoms with Gasteiger partial charge in [-0.05, 0) is 31.3 Å². The van der Waals surface area contributed by atoms with Crippen molar-refractivity contribution in [2.24, 2.45) is 5.92 Å². The molecule has 6 nitrogen and oxygen atoms in total. The van der Waals surface area contributed by atoms with Crippen molar-refractivity contribution in [1.82, 2.24) is 5.32 Å². The summed E-state index contributed by atoms with van der Waals surface area (Å²) in [4.78, 5) is 22.7. The number of anilines is 1. The molecule has 0 bridgehead atoms. The molecular formula is C14H20N2O4. The number of esters is 1. The summed E-state index contributed by atoms with van der Waals surface area (Å²) < 4.78 is 9.68. The summed E-state index contributed by atoms with van der Waals surface area (Å²) in [5, 5.41) is 5.76. The van der Waals surface area contributed by atoms with Crippen LogP contribution >= 0.6 is 0 Å². The summed E-state index contributed by atoms with van der Waals surface area (Å²) >= 11 is 0. The first-order valence-corrected chi connectivity index (χ1v) is 6.32. The minimum absolute atomic E-state index is 0.0532. The van der Waals surface area contributed by atoms with E-state index in [-0.39, 0.29) is 18.4 Å². The Balaban J connectivity index is 2.50. The van der Waals surface area contributed by atoms with Gasteiger partial charge in [0.05, 0.1) is 7.11 Å². The summed E-state index contributed by atoms with van der Waals surface area (Å²) in [6.07, 6.45) is 0. The van der Waals surface area contributed by atoms with Gasteiger partial charge in [-0.1, -0.05) is 6.92 Å². The number of benzene rings is 1. The molecule has 0 aliphatic carbocycles. The van der Waals surface area contributed by atoms with Gasteiger partial charge in [-0.25, -0.2) is 4.79 Å². The normalized spacial score (nSPS) is 11.6. The van der Waals surface area contributed by atoms with Gasteiger partial charge in [0.2, 0.25) is 5.91 Å². The van der Waals surface area contributed by atoms with E-state index in [0.29, 0.717) is 18.0 Å². The number of amides is 1. The zero-order chi connectivity index (χ0) is 15.0. The highest BCUT2D eigenvalue weighted by Crippen LogP contribution is 2.16. The van der Waals surface area contributed by atoms with E-state index in [1.54, 1.807) is 31.3 Å². The summed E-state index contributed by atoms with van der Waals surface area (Å²) in [7, 11) is 3.11. The molecule has 1 aromatic carbocycles. The van der Waals surface area contributed by atoms with Gasteiger partial charge in [0.1, 0.15) is 5.75 Å². The fraction of sp³-hybridized carbons (Fsp3) is 0.429. The highest BCUT2D eigenvalue weighted by Gasteiger charge is 2.11. The molecular weight excluding hydrogens is 260 g/mol. The average Bonchev–Trinajstić information content (AvgIpc) is 2.46. The zero-order valence-corrected chi connectivity index (χ0v) is 11.9. The summed E-state index contributed by atoms with van der Waals surface area (Å²) in [5.74, 6) is -0.0715. The van der Waals surface area contributed by atoms with E-state index < -0.39 is 5.97 Å². The van der Waals surface area contributed by atoms with Crippen molar-refractivity contribution in [2.45, 2.75) is 6.92 Å². The van der Waals surface area contributed by atoms with Gasteiger partial charge in [-0.2, -0.15) is 0 Å². The molecule has 0 heterocycles. The Bertz CT molecular complexity index is 445. The second-order valence-electron chi connectivity index (χ2n) is 4.34. The third-order valence-corrected chi connectivity index (χ3v) is 2.66. The SMILES string of the molecule is CNCC(C)C(=O)Nc1ccc(OCC(=O)OC)cc1. The Morgan fingerprint density at radius 3 is 2.45 bits per heavy atom. The molecule has 0 aliphatic rings. The maximum Gasteiger partial charge on any atom is 0.343 e. The molecule has 1 amide bonds. The minimum atomic E-state index is -0.441. The van der Waals surface area contributed by atoms with Crippen LogP contribution in [0.15, 0.2) is 24.3 Å². The first kappa shape index (κ1) is 16.0. The second-order valence-corrected chi connectivity index (χ2v) is 4.34. The molecule has 0 aliphatic heterocycles. The van der Waals surface area contributed by atoms with Crippen LogP contribution in [0.1, 0.15) is 6.92 Å². The number of rotatable bonds is 7. The number of nitrogens with one attached hydrogen (secondary N) is 2. The number of hydrogen-bond acceptors (Lipinski definition) is 5. The molecule has 0 saturated heterocycles. The molecule has 1 rings (SSSR count). The van der Waals surface area contributed by atoms with Gasteiger partial charge >= 0.3 is 5.97 Å². The maximum absolute atomic E-state index is 11.8. The molecule has 2 N–H and O–H groups in total. The largest absolute Gasteiger partial charge is 0.482 e. The van der Waals surface area contributed by atoms with Gasteiger partial charge in [-0.3, -0.25) is 4.79 Å². The fourth-order valence-corrected chi connectivity index (χ4v) is 1.50. The Hall–Kier alpha value is -2.08. The summed E-state index contributed by atoms with van der Waals surface area (Å²) in [6.45, 7) is 2.33. The lowest BCUT2D eigenvalue weighted by Gasteiger charge is -2.12. The van der Waals surface area contributed by atoms with Crippen LogP contribution in [0.5, 0.6) is 5.75 Å². The van der Waals surface area contributed by atoms with E-state index >= 15 is 0 Å². The van der Waals surface area contributed by atoms with E-state index in [0.717, 1.165) is 0 Å². The average molecular weight is 280 g/mol. The molecule has 0 aromatic heterocycles. The van der Waals surface area contributed by atoms with Crippen molar-refractivity contribution < 1.29 is 19.1 Å². The third kappa shape index (κ3) is 5.27. The van der Waals surface area contributed by atoms with Crippen LogP contribution in [-0.4, -0.2) is 39.2 Å². The molecule has 1 unspecified atom stereocenters. The third-order valence-electron chi connectivity index (χ3n) is 2.66. The van der Waals surface area contributed by atoms with Gasteiger partial charge < -0.3 is 20.1 Å². The fourth-order valence-electron chi connectivity index (χ4n) is 1.50. The highest BCUT2D eigenvalue weighted by molar-refractivity contribution is 5.92. The molecule has 0 fully saturated rings. The zero-order valence-electron chi connectivity index (χ0n) is 11.9. The van der Waals surface area contributed by atoms with Gasteiger partial charge in [0.15, 0.2) is 6.61 Å². The number of carbonyl (C=O) groups is 2. The van der Waals surface area contributed by atoms with E-state index in [1.807, 2.05) is 6.92 Å². The lowest BCUT2D eigenvalue weighted by molar-refractivity contribution is -0.142. The maximum atomic E-state index is 11.8. The standard InChI is InChI=1S/C14H20N2O4/c1-10(8-15-2)14(18)16-11-4-6-12(7-5-11)20-9-13(17)19-3/h4-7,10,15H,8-9H2,1-3H3,(H,16,18). The van der Waals surface area contributed by atoms with Crippen LogP contribution in [0.25, 0.3) is 0 Å². The number of carbonyl (C=O) groups excluding carboxylic acids is 2. The molecule has 1 atom stereocenters. The molecule has 110 valence electrons. The topological polar surface area (TPSA) is 76.7 Å². The van der Waals surface area contributed by atoms with Crippen LogP contribution in [0.4, 0.5) is 5.69 Å². The molecule has 6 heteroatoms. The molecule has 0 spiro atoms. The van der Waals surface area contributed by atoms with Gasteiger partial charge in [0, 0.05) is 18.2 Å². The smallest absolute Gasteiger partial charge is 0.343 e. The van der Waals surface area contributed by atoms with E-state index in [4.69, 9.17) is 4.74 Å². The molecule has 0 radical (unpaired) electrons. The predicted molar refractivity (Wildman–Crippen MR) is 75.7 cm³/mol. The molecule has 20 heavy (non-hydrogen) atoms. The second kappa shape index (κ2) is 8.16. The Labute approximate surface area is 118 Å². The first-order valence-electron chi connectivity index (χ1n) is 6.32. The van der Waals surface area contributed by atoms with Crippen LogP contribution in [0, 0.1) is 5.92 Å². The quantitative estimate of drug-likeness (QED) is 0.730. The Morgan fingerprint density at radius 2 is 1.90 bits per heavy atom. The van der Waals surface area contributed by atoms with E-state index in [2.05, 4.69) is 15.4 Å². The lowest BCUT2D eigenvalue weighted by Crippen LogP contribution is -2.28. The van der Waals surface area contributed by atoms with E-state index in [1.165, 1.54) is 7.11 Å². The number of hydrogen-bond donors (Lipinski definition) is 2. The highest BCUT2D eigenvalue weighted by atomic mass is 16.6. The van der Waals surface area contributed by atoms with Crippen molar-refractivity contribution in [3.63, 3.8) is 0 Å². The number of ether oxygens (including phenoxy) is 2. The Morgan fingerprint density at radius 1 is 1.25 bits per heavy atom. The van der Waals surface area contributed by atoms with Gasteiger partial charge in [0.25, 0.3) is 0 Å². The first-order chi connectivity index (χ1) is 9.56. The molecule has 0 saturated carbocycles. The monoisotopic (exact) mass is 280 g/mol. The van der Waals surface area contributed by atoms with Crippen LogP contribution in [-0.2, 0) is 14.3 Å². The molecule has 1 aromatic rings. The van der Waals surface area contributed by atoms with Crippen molar-refractivity contribution in [2.75, 3.05) is 32.6 Å². The lowest BCUT2D eigenvalue weighted by atomic mass is 10.1. The van der Waals surface area contributed by atoms with Crippen molar-refractivity contribution in [3.8, 4) is 5.75 Å². The Kier molecular flexibility index (Phi) is 6.52. The van der Waals surface area contributed by atoms with Crippen LogP contribution in [0.2, 0.25) is 0 Å². The van der Waals surface area contributed by atoms with E-state index in [9.17, 15) is 9.59 Å². The minimum Gasteiger partial charge on any atom is -0.482 e. The summed E-state index contributed by atoms with van der Waals surface area (Å²) in [6, 6.07) is 6.80. The van der Waals surface area contributed by atoms with Crippen molar-refractivity contribution in [3.05, 3.63) is 24.3 Å². The van der Waals surface area contributed by atoms with Crippen LogP contribution < -0.4 is 15.4 Å². The van der Waals surface area contributed by atoms with Crippen molar-refractivity contribution in [1.29, 1.82) is 0 Å². The predicted octanol–water partition coefficient (Wildman–Crippen LogP) is 1.03. The van der Waals surface area contributed by atoms with Crippen molar-refractivity contribution >= 4 is 17.6 Å². The van der Waals surface area contributed by atoms with Crippen LogP contribution in [0.3, 0.4) is 0 Å². The summed E-state index contributed by atoms with van der Waals surface area (Å²) in [5.41, 5.74) is 0.684.